The van der Waals surface area contributed by atoms with Gasteiger partial charge in [0.15, 0.2) is 0 Å². The van der Waals surface area contributed by atoms with Crippen molar-refractivity contribution in [3.8, 4) is 5.75 Å². The summed E-state index contributed by atoms with van der Waals surface area (Å²) in [6, 6.07) is 20.9. The predicted octanol–water partition coefficient (Wildman–Crippen LogP) is 4.94. The molecule has 0 amide bonds. The van der Waals surface area contributed by atoms with Crippen molar-refractivity contribution in [2.45, 2.75) is 17.9 Å². The van der Waals surface area contributed by atoms with Crippen molar-refractivity contribution in [2.24, 2.45) is 0 Å². The molecule has 1 atom stereocenters. The van der Waals surface area contributed by atoms with Crippen LogP contribution in [-0.2, 0) is 14.8 Å². The molecule has 30 heavy (non-hydrogen) atoms. The number of halogens is 1. The highest BCUT2D eigenvalue weighted by atomic mass is 79.9. The second-order valence-corrected chi connectivity index (χ2v) is 9.28. The van der Waals surface area contributed by atoms with Gasteiger partial charge in [0.2, 0.25) is 10.0 Å². The van der Waals surface area contributed by atoms with Gasteiger partial charge in [-0.2, -0.15) is 4.72 Å². The highest BCUT2D eigenvalue weighted by Crippen LogP contribution is 2.26. The first-order valence-corrected chi connectivity index (χ1v) is 11.3. The lowest BCUT2D eigenvalue weighted by atomic mass is 10.0. The molecule has 7 heteroatoms. The molecule has 0 aromatic heterocycles. The van der Waals surface area contributed by atoms with E-state index in [1.807, 2.05) is 6.92 Å². The zero-order valence-electron chi connectivity index (χ0n) is 16.2. The minimum absolute atomic E-state index is 0.0307. The molecule has 0 radical (unpaired) electrons. The topological polar surface area (TPSA) is 72.5 Å². The van der Waals surface area contributed by atoms with E-state index in [1.54, 1.807) is 66.7 Å². The van der Waals surface area contributed by atoms with Gasteiger partial charge in [-0.25, -0.2) is 13.2 Å². The molecule has 3 rings (SSSR count). The van der Waals surface area contributed by atoms with Crippen molar-refractivity contribution in [2.75, 3.05) is 0 Å². The summed E-state index contributed by atoms with van der Waals surface area (Å²) in [5.74, 6) is -0.375. The van der Waals surface area contributed by atoms with Gasteiger partial charge in [-0.05, 0) is 48.9 Å². The Morgan fingerprint density at radius 3 is 2.17 bits per heavy atom. The molecule has 0 spiro atoms. The number of rotatable bonds is 7. The second kappa shape index (κ2) is 9.38. The summed E-state index contributed by atoms with van der Waals surface area (Å²) < 4.78 is 34.7. The van der Waals surface area contributed by atoms with Crippen LogP contribution < -0.4 is 9.46 Å². The van der Waals surface area contributed by atoms with Crippen LogP contribution in [-0.4, -0.2) is 14.4 Å². The Balaban J connectivity index is 1.92. The Kier molecular flexibility index (Phi) is 6.87. The molecule has 0 bridgehead atoms. The number of carbonyl (C=O) groups excluding carboxylic acids is 1. The fourth-order valence-corrected chi connectivity index (χ4v) is 4.20. The molecule has 0 aliphatic heterocycles. The summed E-state index contributed by atoms with van der Waals surface area (Å²) in [5, 5.41) is 0. The fourth-order valence-electron chi connectivity index (χ4n) is 2.72. The zero-order chi connectivity index (χ0) is 21.7. The molecule has 0 fully saturated rings. The molecule has 0 saturated heterocycles. The maximum Gasteiger partial charge on any atom is 0.340 e. The standard InChI is InChI=1S/C23H20BrNO4S/c1-16-8-14-21(15-9-16)30(27,28)25-22(18-10-12-19(24)13-11-18)17(2)23(26)29-20-6-4-3-5-7-20/h3-15,22,25H,2H2,1H3/t22-/m1/s1. The van der Waals surface area contributed by atoms with Crippen molar-refractivity contribution < 1.29 is 17.9 Å². The van der Waals surface area contributed by atoms with Crippen LogP contribution in [0.5, 0.6) is 5.75 Å². The lowest BCUT2D eigenvalue weighted by molar-refractivity contribution is -0.130. The summed E-state index contributed by atoms with van der Waals surface area (Å²) in [7, 11) is -3.92. The van der Waals surface area contributed by atoms with Gasteiger partial charge in [-0.3, -0.25) is 0 Å². The van der Waals surface area contributed by atoms with E-state index in [1.165, 1.54) is 12.1 Å². The smallest absolute Gasteiger partial charge is 0.340 e. The van der Waals surface area contributed by atoms with E-state index in [4.69, 9.17) is 4.74 Å². The van der Waals surface area contributed by atoms with E-state index in [0.717, 1.165) is 10.0 Å². The van der Waals surface area contributed by atoms with E-state index >= 15 is 0 Å². The van der Waals surface area contributed by atoms with Crippen molar-refractivity contribution in [3.05, 3.63) is 107 Å². The van der Waals surface area contributed by atoms with Gasteiger partial charge in [0.05, 0.1) is 16.5 Å². The van der Waals surface area contributed by atoms with Gasteiger partial charge < -0.3 is 4.74 Å². The monoisotopic (exact) mass is 485 g/mol. The molecule has 3 aromatic rings. The summed E-state index contributed by atoms with van der Waals surface area (Å²) in [6.45, 7) is 5.70. The molecular weight excluding hydrogens is 466 g/mol. The predicted molar refractivity (Wildman–Crippen MR) is 120 cm³/mol. The van der Waals surface area contributed by atoms with Crippen LogP contribution in [0, 0.1) is 6.92 Å². The van der Waals surface area contributed by atoms with E-state index in [0.29, 0.717) is 11.3 Å². The third-order valence-electron chi connectivity index (χ3n) is 4.37. The second-order valence-electron chi connectivity index (χ2n) is 6.65. The number of carbonyl (C=O) groups is 1. The first-order chi connectivity index (χ1) is 14.3. The number of esters is 1. The molecule has 3 aromatic carbocycles. The van der Waals surface area contributed by atoms with Crippen LogP contribution in [0.15, 0.2) is 100 Å². The average molecular weight is 486 g/mol. The van der Waals surface area contributed by atoms with E-state index in [2.05, 4.69) is 27.2 Å². The number of benzene rings is 3. The molecule has 0 aliphatic rings. The Morgan fingerprint density at radius 2 is 1.57 bits per heavy atom. The van der Waals surface area contributed by atoms with Gasteiger partial charge in [0.1, 0.15) is 5.75 Å². The van der Waals surface area contributed by atoms with Gasteiger partial charge in [-0.1, -0.05) is 70.5 Å². The van der Waals surface area contributed by atoms with Crippen LogP contribution >= 0.6 is 15.9 Å². The van der Waals surface area contributed by atoms with Crippen LogP contribution in [0.1, 0.15) is 17.2 Å². The molecule has 154 valence electrons. The lowest BCUT2D eigenvalue weighted by Gasteiger charge is -2.21. The molecule has 0 saturated carbocycles. The van der Waals surface area contributed by atoms with Gasteiger partial charge in [0, 0.05) is 4.47 Å². The normalized spacial score (nSPS) is 12.2. The van der Waals surface area contributed by atoms with Gasteiger partial charge >= 0.3 is 5.97 Å². The van der Waals surface area contributed by atoms with E-state index < -0.39 is 22.0 Å². The number of ether oxygens (including phenoxy) is 1. The maximum atomic E-state index is 13.0. The number of para-hydroxylation sites is 1. The Bertz CT molecular complexity index is 1140. The van der Waals surface area contributed by atoms with Crippen molar-refractivity contribution in [3.63, 3.8) is 0 Å². The summed E-state index contributed by atoms with van der Waals surface area (Å²) in [6.07, 6.45) is 0. The van der Waals surface area contributed by atoms with Crippen LogP contribution in [0.2, 0.25) is 0 Å². The SMILES string of the molecule is C=C(C(=O)Oc1ccccc1)[C@@H](NS(=O)(=O)c1ccc(C)cc1)c1ccc(Br)cc1. The molecule has 1 N–H and O–H groups in total. The number of hydrogen-bond acceptors (Lipinski definition) is 4. The first-order valence-electron chi connectivity index (χ1n) is 9.07. The Labute approximate surface area is 184 Å². The van der Waals surface area contributed by atoms with E-state index in [-0.39, 0.29) is 10.5 Å². The van der Waals surface area contributed by atoms with E-state index in [9.17, 15) is 13.2 Å². The minimum Gasteiger partial charge on any atom is -0.423 e. The molecule has 0 heterocycles. The third kappa shape index (κ3) is 5.44. The average Bonchev–Trinajstić information content (AvgIpc) is 2.73. The molecule has 0 aliphatic carbocycles. The van der Waals surface area contributed by atoms with Gasteiger partial charge in [-0.15, -0.1) is 0 Å². The van der Waals surface area contributed by atoms with Crippen LogP contribution in [0.3, 0.4) is 0 Å². The first kappa shape index (κ1) is 22.0. The zero-order valence-corrected chi connectivity index (χ0v) is 18.6. The Morgan fingerprint density at radius 1 is 0.967 bits per heavy atom. The number of sulfonamides is 1. The number of nitrogens with one attached hydrogen (secondary N) is 1. The summed E-state index contributed by atoms with van der Waals surface area (Å²) in [5.41, 5.74) is 1.47. The van der Waals surface area contributed by atoms with Crippen molar-refractivity contribution in [1.29, 1.82) is 0 Å². The third-order valence-corrected chi connectivity index (χ3v) is 6.34. The minimum atomic E-state index is -3.92. The largest absolute Gasteiger partial charge is 0.423 e. The van der Waals surface area contributed by atoms with Crippen molar-refractivity contribution >= 4 is 31.9 Å². The fraction of sp³-hybridized carbons (Fsp3) is 0.0870. The lowest BCUT2D eigenvalue weighted by Crippen LogP contribution is -2.33. The number of aryl methyl sites for hydroxylation is 1. The van der Waals surface area contributed by atoms with Crippen LogP contribution in [0.4, 0.5) is 0 Å². The molecule has 0 unspecified atom stereocenters. The van der Waals surface area contributed by atoms with Crippen LogP contribution in [0.25, 0.3) is 0 Å². The highest BCUT2D eigenvalue weighted by molar-refractivity contribution is 9.10. The summed E-state index contributed by atoms with van der Waals surface area (Å²) in [4.78, 5) is 12.8. The van der Waals surface area contributed by atoms with Crippen molar-refractivity contribution in [1.82, 2.24) is 4.72 Å². The van der Waals surface area contributed by atoms with Gasteiger partial charge in [0.25, 0.3) is 0 Å². The molecular formula is C23H20BrNO4S. The maximum absolute atomic E-state index is 13.0. The molecule has 5 nitrogen and oxygen atoms in total. The summed E-state index contributed by atoms with van der Waals surface area (Å²) >= 11 is 3.36. The highest BCUT2D eigenvalue weighted by Gasteiger charge is 2.28. The quantitative estimate of drug-likeness (QED) is 0.292. The number of hydrogen-bond donors (Lipinski definition) is 1. The Hall–Kier alpha value is -2.74.